The Morgan fingerprint density at radius 2 is 1.84 bits per heavy atom. The molecule has 5 rings (SSSR count). The highest BCUT2D eigenvalue weighted by molar-refractivity contribution is 6.37. The van der Waals surface area contributed by atoms with Crippen LogP contribution < -0.4 is 20.1 Å². The van der Waals surface area contributed by atoms with Crippen LogP contribution in [0.15, 0.2) is 85.1 Å². The number of aryl methyl sites for hydroxylation is 1. The molecule has 2 aromatic heterocycles. The Kier molecular flexibility index (Phi) is 9.53. The first kappa shape index (κ1) is 30.7. The van der Waals surface area contributed by atoms with Crippen molar-refractivity contribution in [2.45, 2.75) is 20.1 Å². The quantitative estimate of drug-likeness (QED) is 0.164. The zero-order chi connectivity index (χ0) is 31.2. The molecule has 0 aliphatic rings. The summed E-state index contributed by atoms with van der Waals surface area (Å²) >= 11 is 13.5. The van der Waals surface area contributed by atoms with Crippen LogP contribution in [-0.2, 0) is 17.9 Å². The number of fused-ring (bicyclic) bond motifs is 1. The van der Waals surface area contributed by atoms with Crippen LogP contribution in [0.1, 0.15) is 32.9 Å². The summed E-state index contributed by atoms with van der Waals surface area (Å²) in [5.41, 5.74) is 4.95. The lowest BCUT2D eigenvalue weighted by Gasteiger charge is -2.16. The zero-order valence-corrected chi connectivity index (χ0v) is 25.9. The smallest absolute Gasteiger partial charge is 0.254 e. The summed E-state index contributed by atoms with van der Waals surface area (Å²) in [6, 6.07) is 22.2. The highest BCUT2D eigenvalue weighted by Gasteiger charge is 2.16. The molecule has 0 saturated carbocycles. The van der Waals surface area contributed by atoms with Gasteiger partial charge in [-0.15, -0.1) is 0 Å². The minimum atomic E-state index is -0.290. The van der Waals surface area contributed by atoms with E-state index in [0.717, 1.165) is 22.3 Å². The van der Waals surface area contributed by atoms with Gasteiger partial charge in [-0.1, -0.05) is 47.5 Å². The average Bonchev–Trinajstić information content (AvgIpc) is 3.50. The van der Waals surface area contributed by atoms with Crippen LogP contribution >= 0.6 is 23.2 Å². The number of carbonyl (C=O) groups is 2. The Hall–Kier alpha value is -4.79. The van der Waals surface area contributed by atoms with Crippen LogP contribution in [-0.4, -0.2) is 35.5 Å². The number of carbonyl (C=O) groups excluding carboxylic acids is 2. The number of benzene rings is 3. The third-order valence-electron chi connectivity index (χ3n) is 7.02. The number of rotatable bonds is 10. The maximum atomic E-state index is 12.7. The van der Waals surface area contributed by atoms with E-state index < -0.39 is 0 Å². The zero-order valence-electron chi connectivity index (χ0n) is 24.4. The number of nitrogens with zero attached hydrogens (tertiary/aromatic N) is 2. The average molecular weight is 630 g/mol. The van der Waals surface area contributed by atoms with Crippen LogP contribution in [0.3, 0.4) is 0 Å². The maximum absolute atomic E-state index is 12.7. The molecule has 0 unspecified atom stereocenters. The van der Waals surface area contributed by atoms with E-state index in [1.54, 1.807) is 37.4 Å². The summed E-state index contributed by atoms with van der Waals surface area (Å²) in [5.74, 6) is 0.512. The van der Waals surface area contributed by atoms with Crippen LogP contribution in [0.5, 0.6) is 11.5 Å². The topological polar surface area (TPSA) is 94.5 Å². The lowest BCUT2D eigenvalue weighted by atomic mass is 10.1. The van der Waals surface area contributed by atoms with Crippen molar-refractivity contribution < 1.29 is 19.1 Å². The Bertz CT molecular complexity index is 1880. The van der Waals surface area contributed by atoms with E-state index in [2.05, 4.69) is 15.6 Å². The van der Waals surface area contributed by atoms with Gasteiger partial charge in [0.2, 0.25) is 5.91 Å². The van der Waals surface area contributed by atoms with Crippen molar-refractivity contribution in [3.63, 3.8) is 0 Å². The number of halogens is 2. The van der Waals surface area contributed by atoms with Gasteiger partial charge in [-0.2, -0.15) is 0 Å². The highest BCUT2D eigenvalue weighted by atomic mass is 35.5. The fourth-order valence-corrected chi connectivity index (χ4v) is 5.30. The predicted octanol–water partition coefficient (Wildman–Crippen LogP) is 6.92. The molecular weight excluding hydrogens is 599 g/mol. The molecule has 0 saturated heterocycles. The fourth-order valence-electron chi connectivity index (χ4n) is 4.73. The molecule has 2 heterocycles. The number of hydrogen-bond donors (Lipinski definition) is 2. The Balaban J connectivity index is 1.29. The monoisotopic (exact) mass is 628 g/mol. The normalized spacial score (nSPS) is 11.1. The van der Waals surface area contributed by atoms with E-state index in [0.29, 0.717) is 43.9 Å². The first-order valence-corrected chi connectivity index (χ1v) is 14.5. The van der Waals surface area contributed by atoms with Gasteiger partial charge in [-0.05, 0) is 67.1 Å². The molecule has 0 radical (unpaired) electrons. The van der Waals surface area contributed by atoms with Gasteiger partial charge in [0.15, 0.2) is 0 Å². The lowest BCUT2D eigenvalue weighted by Crippen LogP contribution is -2.21. The van der Waals surface area contributed by atoms with Gasteiger partial charge in [0.25, 0.3) is 5.91 Å². The van der Waals surface area contributed by atoms with Crippen LogP contribution in [0.2, 0.25) is 10.0 Å². The van der Waals surface area contributed by atoms with E-state index in [4.69, 9.17) is 32.7 Å². The van der Waals surface area contributed by atoms with Gasteiger partial charge in [0, 0.05) is 46.7 Å². The molecular formula is C34H30Cl2N4O4. The van der Waals surface area contributed by atoms with E-state index >= 15 is 0 Å². The summed E-state index contributed by atoms with van der Waals surface area (Å²) in [6.45, 7) is 2.33. The van der Waals surface area contributed by atoms with Crippen LogP contribution in [0.4, 0.5) is 0 Å². The lowest BCUT2D eigenvalue weighted by molar-refractivity contribution is -0.116. The second kappa shape index (κ2) is 13.7. The van der Waals surface area contributed by atoms with Crippen molar-refractivity contribution >= 4 is 52.0 Å². The van der Waals surface area contributed by atoms with Crippen molar-refractivity contribution in [1.82, 2.24) is 20.2 Å². The molecule has 224 valence electrons. The molecule has 2 amide bonds. The number of ether oxygens (including phenoxy) is 2. The highest BCUT2D eigenvalue weighted by Crippen LogP contribution is 2.33. The summed E-state index contributed by atoms with van der Waals surface area (Å²) in [6.07, 6.45) is 4.95. The fraction of sp³-hybridized carbons (Fsp3) is 0.147. The summed E-state index contributed by atoms with van der Waals surface area (Å²) in [5, 5.41) is 7.38. The summed E-state index contributed by atoms with van der Waals surface area (Å²) in [7, 11) is 3.04. The predicted molar refractivity (Wildman–Crippen MR) is 174 cm³/mol. The second-order valence-corrected chi connectivity index (χ2v) is 10.7. The van der Waals surface area contributed by atoms with Gasteiger partial charge in [-0.25, -0.2) is 4.98 Å². The Morgan fingerprint density at radius 1 is 1.00 bits per heavy atom. The third-order valence-corrected chi connectivity index (χ3v) is 7.80. The molecule has 0 atom stereocenters. The Morgan fingerprint density at radius 3 is 2.64 bits per heavy atom. The third kappa shape index (κ3) is 6.72. The Labute approximate surface area is 265 Å². The molecule has 0 aliphatic carbocycles. The number of methoxy groups -OCH3 is 1. The van der Waals surface area contributed by atoms with E-state index in [1.165, 1.54) is 13.2 Å². The van der Waals surface area contributed by atoms with E-state index in [1.807, 2.05) is 66.2 Å². The molecule has 0 spiro atoms. The van der Waals surface area contributed by atoms with Crippen molar-refractivity contribution in [2.75, 3.05) is 14.2 Å². The molecule has 2 N–H and O–H groups in total. The van der Waals surface area contributed by atoms with Crippen LogP contribution in [0.25, 0.3) is 22.7 Å². The molecule has 3 aromatic carbocycles. The molecule has 8 nitrogen and oxygen atoms in total. The standard InChI is InChI=1S/C34H30Cl2N4O4/c1-21-9-12-23-6-4-8-29(33(23)39-21)44-20-26-27(35)14-15-28(32(26)36)40-17-5-7-24(40)19-38-31(41)16-11-22-10-13-25(34(42)37-2)30(18-22)43-3/h4-18H,19-20H2,1-3H3,(H,37,42)(H,38,41). The summed E-state index contributed by atoms with van der Waals surface area (Å²) in [4.78, 5) is 29.3. The van der Waals surface area contributed by atoms with Crippen molar-refractivity contribution in [2.24, 2.45) is 0 Å². The molecule has 0 bridgehead atoms. The first-order valence-electron chi connectivity index (χ1n) is 13.8. The molecule has 10 heteroatoms. The molecule has 0 fully saturated rings. The van der Waals surface area contributed by atoms with Gasteiger partial charge < -0.3 is 24.7 Å². The van der Waals surface area contributed by atoms with Crippen molar-refractivity contribution in [1.29, 1.82) is 0 Å². The van der Waals surface area contributed by atoms with Crippen molar-refractivity contribution in [3.8, 4) is 17.2 Å². The molecule has 0 aliphatic heterocycles. The van der Waals surface area contributed by atoms with Gasteiger partial charge in [0.05, 0.1) is 29.9 Å². The number of nitrogens with one attached hydrogen (secondary N) is 2. The van der Waals surface area contributed by atoms with Gasteiger partial charge in [0.1, 0.15) is 23.6 Å². The van der Waals surface area contributed by atoms with Crippen LogP contribution in [0, 0.1) is 6.92 Å². The number of para-hydroxylation sites is 1. The molecule has 5 aromatic rings. The minimum absolute atomic E-state index is 0.146. The first-order chi connectivity index (χ1) is 21.3. The van der Waals surface area contributed by atoms with Gasteiger partial charge >= 0.3 is 0 Å². The minimum Gasteiger partial charge on any atom is -0.496 e. The summed E-state index contributed by atoms with van der Waals surface area (Å²) < 4.78 is 13.4. The molecule has 44 heavy (non-hydrogen) atoms. The number of hydrogen-bond acceptors (Lipinski definition) is 5. The van der Waals surface area contributed by atoms with Gasteiger partial charge in [-0.3, -0.25) is 9.59 Å². The largest absolute Gasteiger partial charge is 0.496 e. The maximum Gasteiger partial charge on any atom is 0.254 e. The van der Waals surface area contributed by atoms with Crippen molar-refractivity contribution in [3.05, 3.63) is 123 Å². The second-order valence-electron chi connectivity index (χ2n) is 9.89. The number of pyridine rings is 1. The SMILES string of the molecule is CNC(=O)c1ccc(C=CC(=O)NCc2cccn2-c2ccc(Cl)c(COc3cccc4ccc(C)nc34)c2Cl)cc1OC. The van der Waals surface area contributed by atoms with E-state index in [-0.39, 0.29) is 25.0 Å². The number of aromatic nitrogens is 2. The number of amides is 2. The van der Waals surface area contributed by atoms with E-state index in [9.17, 15) is 9.59 Å².